The molecule has 0 aromatic heterocycles. The van der Waals surface area contributed by atoms with Crippen LogP contribution in [0.4, 0.5) is 26.3 Å². The van der Waals surface area contributed by atoms with E-state index in [-0.39, 0.29) is 27.8 Å². The van der Waals surface area contributed by atoms with Gasteiger partial charge in [0, 0.05) is 11.6 Å². The second-order valence-corrected chi connectivity index (χ2v) is 6.82. The van der Waals surface area contributed by atoms with Crippen molar-refractivity contribution in [1.82, 2.24) is 0 Å². The van der Waals surface area contributed by atoms with Crippen LogP contribution in [0.2, 0.25) is 10.0 Å². The summed E-state index contributed by atoms with van der Waals surface area (Å²) in [5.74, 6) is -2.71. The fourth-order valence-corrected chi connectivity index (χ4v) is 3.00. The van der Waals surface area contributed by atoms with Gasteiger partial charge in [0.25, 0.3) is 0 Å². The molecule has 1 unspecified atom stereocenters. The Balaban J connectivity index is 1.99. The maximum absolute atomic E-state index is 13.2. The molecule has 0 fully saturated rings. The number of alkyl halides is 6. The summed E-state index contributed by atoms with van der Waals surface area (Å²) in [6.45, 7) is 0. The van der Waals surface area contributed by atoms with Crippen molar-refractivity contribution >= 4 is 35.2 Å². The normalized spacial score (nSPS) is 16.4. The molecule has 1 atom stereocenters. The molecule has 0 amide bonds. The van der Waals surface area contributed by atoms with Crippen LogP contribution in [0.25, 0.3) is 6.08 Å². The first-order valence-corrected chi connectivity index (χ1v) is 8.59. The highest BCUT2D eigenvalue weighted by Gasteiger charge is 2.48. The van der Waals surface area contributed by atoms with Gasteiger partial charge in [0.2, 0.25) is 6.10 Å². The van der Waals surface area contributed by atoms with Gasteiger partial charge in [0.05, 0.1) is 21.2 Å². The molecule has 0 spiro atoms. The smallest absolute Gasteiger partial charge is 0.430 e. The van der Waals surface area contributed by atoms with Gasteiger partial charge in [-0.25, -0.2) is 4.79 Å². The minimum atomic E-state index is -5.01. The van der Waals surface area contributed by atoms with E-state index in [9.17, 15) is 31.1 Å². The zero-order valence-electron chi connectivity index (χ0n) is 14.2. The maximum Gasteiger partial charge on any atom is 0.430 e. The van der Waals surface area contributed by atoms with Crippen molar-refractivity contribution in [3.8, 4) is 17.2 Å². The van der Waals surface area contributed by atoms with Crippen LogP contribution in [-0.2, 0) is 11.0 Å². The van der Waals surface area contributed by atoms with E-state index in [1.165, 1.54) is 0 Å². The van der Waals surface area contributed by atoms with Crippen LogP contribution >= 0.6 is 23.2 Å². The molecule has 0 aliphatic carbocycles. The van der Waals surface area contributed by atoms with Gasteiger partial charge in [-0.2, -0.15) is 26.3 Å². The van der Waals surface area contributed by atoms with Gasteiger partial charge in [-0.3, -0.25) is 0 Å². The molecule has 30 heavy (non-hydrogen) atoms. The zero-order chi connectivity index (χ0) is 22.4. The predicted molar refractivity (Wildman–Crippen MR) is 94.1 cm³/mol. The first-order chi connectivity index (χ1) is 13.8. The molecule has 2 aromatic rings. The quantitative estimate of drug-likeness (QED) is 0.511. The number of halogens is 8. The number of rotatable bonds is 3. The van der Waals surface area contributed by atoms with Crippen LogP contribution in [0.5, 0.6) is 17.2 Å². The maximum atomic E-state index is 13.2. The minimum absolute atomic E-state index is 0.0521. The van der Waals surface area contributed by atoms with Crippen molar-refractivity contribution in [2.24, 2.45) is 0 Å². The summed E-state index contributed by atoms with van der Waals surface area (Å²) in [5.41, 5.74) is -2.12. The van der Waals surface area contributed by atoms with Gasteiger partial charge in [-0.05, 0) is 30.3 Å². The fraction of sp³-hybridized carbons (Fsp3) is 0.167. The molecule has 4 nitrogen and oxygen atoms in total. The Morgan fingerprint density at radius 2 is 1.63 bits per heavy atom. The lowest BCUT2D eigenvalue weighted by molar-refractivity contribution is -0.187. The lowest BCUT2D eigenvalue weighted by atomic mass is 10.0. The third-order valence-corrected chi connectivity index (χ3v) is 4.52. The molecule has 0 bridgehead atoms. The number of hydrogen-bond donors (Lipinski definition) is 1. The largest absolute Gasteiger partial charge is 0.478 e. The third-order valence-electron chi connectivity index (χ3n) is 3.93. The van der Waals surface area contributed by atoms with Crippen LogP contribution in [0.1, 0.15) is 11.1 Å². The number of carboxylic acid groups (broad SMARTS) is 1. The monoisotopic (exact) mass is 472 g/mol. The van der Waals surface area contributed by atoms with Crippen molar-refractivity contribution in [3.63, 3.8) is 0 Å². The van der Waals surface area contributed by atoms with E-state index in [2.05, 4.69) is 0 Å². The zero-order valence-corrected chi connectivity index (χ0v) is 15.7. The number of benzene rings is 2. The highest BCUT2D eigenvalue weighted by molar-refractivity contribution is 6.33. The molecule has 160 valence electrons. The number of hydrogen-bond acceptors (Lipinski definition) is 3. The molecule has 0 saturated carbocycles. The van der Waals surface area contributed by atoms with Crippen LogP contribution in [0.3, 0.4) is 0 Å². The number of aliphatic carboxylic acids is 1. The summed E-state index contributed by atoms with van der Waals surface area (Å²) in [6.07, 6.45) is -11.6. The Kier molecular flexibility index (Phi) is 5.59. The molecule has 0 radical (unpaired) electrons. The van der Waals surface area contributed by atoms with E-state index < -0.39 is 40.6 Å². The second kappa shape index (κ2) is 7.59. The van der Waals surface area contributed by atoms with Gasteiger partial charge >= 0.3 is 18.3 Å². The minimum Gasteiger partial charge on any atom is -0.478 e. The van der Waals surface area contributed by atoms with Gasteiger partial charge in [0.15, 0.2) is 0 Å². The van der Waals surface area contributed by atoms with E-state index in [4.69, 9.17) is 37.8 Å². The van der Waals surface area contributed by atoms with Crippen LogP contribution in [0, 0.1) is 0 Å². The van der Waals surface area contributed by atoms with Gasteiger partial charge in [-0.15, -0.1) is 0 Å². The Bertz CT molecular complexity index is 1050. The van der Waals surface area contributed by atoms with E-state index >= 15 is 0 Å². The number of fused-ring (bicyclic) bond motifs is 1. The predicted octanol–water partition coefficient (Wildman–Crippen LogP) is 6.60. The van der Waals surface area contributed by atoms with Crippen molar-refractivity contribution in [3.05, 3.63) is 57.1 Å². The Hall–Kier alpha value is -2.59. The van der Waals surface area contributed by atoms with E-state index in [1.54, 1.807) is 0 Å². The topological polar surface area (TPSA) is 55.8 Å². The average molecular weight is 473 g/mol. The van der Waals surface area contributed by atoms with Gasteiger partial charge < -0.3 is 14.6 Å². The number of ether oxygens (including phenoxy) is 2. The SMILES string of the molecule is O=C(O)C1=Cc2cc(Cl)c(Oc3ccc(C(F)(F)F)cc3Cl)cc2OC1C(F)(F)F. The Morgan fingerprint density at radius 3 is 2.17 bits per heavy atom. The molecular formula is C18H8Cl2F6O4. The summed E-state index contributed by atoms with van der Waals surface area (Å²) >= 11 is 11.8. The van der Waals surface area contributed by atoms with Crippen molar-refractivity contribution in [1.29, 1.82) is 0 Å². The molecular weight excluding hydrogens is 465 g/mol. The molecule has 1 aliphatic rings. The molecule has 0 saturated heterocycles. The summed E-state index contributed by atoms with van der Waals surface area (Å²) in [4.78, 5) is 11.1. The van der Waals surface area contributed by atoms with Crippen LogP contribution in [-0.4, -0.2) is 23.4 Å². The fourth-order valence-electron chi connectivity index (χ4n) is 2.57. The summed E-state index contributed by atoms with van der Waals surface area (Å²) in [5, 5.41) is 8.44. The first kappa shape index (κ1) is 22.1. The molecule has 2 aromatic carbocycles. The Morgan fingerprint density at radius 1 is 1.00 bits per heavy atom. The number of carbonyl (C=O) groups is 1. The van der Waals surface area contributed by atoms with Gasteiger partial charge in [-0.1, -0.05) is 23.2 Å². The molecule has 3 rings (SSSR count). The molecule has 12 heteroatoms. The van der Waals surface area contributed by atoms with Crippen molar-refractivity contribution in [2.45, 2.75) is 18.5 Å². The van der Waals surface area contributed by atoms with Crippen molar-refractivity contribution in [2.75, 3.05) is 0 Å². The lowest BCUT2D eigenvalue weighted by Gasteiger charge is -2.27. The molecule has 1 heterocycles. The van der Waals surface area contributed by atoms with Crippen LogP contribution < -0.4 is 9.47 Å². The van der Waals surface area contributed by atoms with Crippen molar-refractivity contribution < 1.29 is 45.7 Å². The van der Waals surface area contributed by atoms with E-state index in [0.717, 1.165) is 24.3 Å². The average Bonchev–Trinajstić information content (AvgIpc) is 2.61. The van der Waals surface area contributed by atoms with Gasteiger partial charge in [0.1, 0.15) is 17.2 Å². The first-order valence-electron chi connectivity index (χ1n) is 7.84. The van der Waals surface area contributed by atoms with Crippen LogP contribution in [0.15, 0.2) is 35.9 Å². The lowest BCUT2D eigenvalue weighted by Crippen LogP contribution is -2.40. The Labute approximate surface area is 174 Å². The standard InChI is InChI=1S/C18H8Cl2F6O4/c19-10-4-7-3-9(16(27)28)15(18(24,25)26)30-13(7)6-14(10)29-12-2-1-8(5-11(12)20)17(21,22)23/h1-6,15H,(H,27,28). The third kappa shape index (κ3) is 4.44. The molecule has 1 N–H and O–H groups in total. The second-order valence-electron chi connectivity index (χ2n) is 6.01. The van der Waals surface area contributed by atoms with E-state index in [0.29, 0.717) is 12.1 Å². The summed E-state index contributed by atoms with van der Waals surface area (Å²) in [6, 6.07) is 4.29. The summed E-state index contributed by atoms with van der Waals surface area (Å²) in [7, 11) is 0. The van der Waals surface area contributed by atoms with E-state index in [1.807, 2.05) is 0 Å². The highest BCUT2D eigenvalue weighted by Crippen LogP contribution is 2.44. The highest BCUT2D eigenvalue weighted by atomic mass is 35.5. The molecule has 1 aliphatic heterocycles. The summed E-state index contributed by atoms with van der Waals surface area (Å²) < 4.78 is 87.8. The number of carboxylic acids is 1.